The second-order valence-electron chi connectivity index (χ2n) is 5.00. The van der Waals surface area contributed by atoms with Crippen LogP contribution in [0, 0.1) is 0 Å². The Morgan fingerprint density at radius 2 is 2.05 bits per heavy atom. The zero-order valence-electron chi connectivity index (χ0n) is 12.0. The van der Waals surface area contributed by atoms with E-state index in [-0.39, 0.29) is 10.6 Å². The number of carbonyl (C=O) groups is 1. The van der Waals surface area contributed by atoms with Crippen molar-refractivity contribution in [1.82, 2.24) is 4.98 Å². The second-order valence-corrected chi connectivity index (χ2v) is 6.00. The van der Waals surface area contributed by atoms with Gasteiger partial charge in [-0.2, -0.15) is 0 Å². The van der Waals surface area contributed by atoms with Crippen LogP contribution in [0.4, 0.5) is 11.4 Å². The Labute approximate surface area is 131 Å². The SMILES string of the molecule is CN(Cc1ccccc1)c1ccnc2sc(C(=O)O)c(N)c12. The van der Waals surface area contributed by atoms with Crippen molar-refractivity contribution in [3.8, 4) is 0 Å². The van der Waals surface area contributed by atoms with Gasteiger partial charge in [0, 0.05) is 19.8 Å². The summed E-state index contributed by atoms with van der Waals surface area (Å²) in [4.78, 5) is 18.3. The standard InChI is InChI=1S/C16H15N3O2S/c1-19(9-10-5-3-2-4-6-10)11-7-8-18-15-12(11)13(17)14(22-15)16(20)21/h2-8H,9,17H2,1H3,(H,20,21). The molecule has 5 nitrogen and oxygen atoms in total. The van der Waals surface area contributed by atoms with Gasteiger partial charge in [-0.3, -0.25) is 0 Å². The lowest BCUT2D eigenvalue weighted by Gasteiger charge is -2.20. The average Bonchev–Trinajstić information content (AvgIpc) is 2.86. The van der Waals surface area contributed by atoms with Gasteiger partial charge in [0.05, 0.1) is 16.8 Å². The number of hydrogen-bond donors (Lipinski definition) is 2. The Bertz CT molecular complexity index is 830. The van der Waals surface area contributed by atoms with Crippen LogP contribution < -0.4 is 10.6 Å². The van der Waals surface area contributed by atoms with Crippen molar-refractivity contribution >= 4 is 38.9 Å². The van der Waals surface area contributed by atoms with Gasteiger partial charge in [-0.05, 0) is 11.6 Å². The molecule has 0 radical (unpaired) electrons. The number of rotatable bonds is 4. The number of thiophene rings is 1. The number of carboxylic acids is 1. The molecule has 0 saturated heterocycles. The lowest BCUT2D eigenvalue weighted by atomic mass is 10.2. The lowest BCUT2D eigenvalue weighted by molar-refractivity contribution is 0.0703. The number of aromatic carboxylic acids is 1. The normalized spacial score (nSPS) is 10.8. The van der Waals surface area contributed by atoms with Crippen molar-refractivity contribution in [2.45, 2.75) is 6.54 Å². The highest BCUT2D eigenvalue weighted by molar-refractivity contribution is 7.21. The highest BCUT2D eigenvalue weighted by Gasteiger charge is 2.20. The van der Waals surface area contributed by atoms with Crippen molar-refractivity contribution < 1.29 is 9.90 Å². The number of carboxylic acid groups (broad SMARTS) is 1. The predicted octanol–water partition coefficient (Wildman–Crippen LogP) is 3.21. The topological polar surface area (TPSA) is 79.5 Å². The molecular formula is C16H15N3O2S. The fourth-order valence-corrected chi connectivity index (χ4v) is 3.37. The summed E-state index contributed by atoms with van der Waals surface area (Å²) in [7, 11) is 1.96. The fourth-order valence-electron chi connectivity index (χ4n) is 2.45. The van der Waals surface area contributed by atoms with Gasteiger partial charge < -0.3 is 15.7 Å². The maximum Gasteiger partial charge on any atom is 0.348 e. The van der Waals surface area contributed by atoms with E-state index in [2.05, 4.69) is 17.1 Å². The summed E-state index contributed by atoms with van der Waals surface area (Å²) >= 11 is 1.11. The summed E-state index contributed by atoms with van der Waals surface area (Å²) in [5.41, 5.74) is 8.38. The van der Waals surface area contributed by atoms with E-state index >= 15 is 0 Å². The van der Waals surface area contributed by atoms with Crippen LogP contribution in [-0.2, 0) is 6.54 Å². The molecule has 0 bridgehead atoms. The zero-order chi connectivity index (χ0) is 15.7. The number of pyridine rings is 1. The number of nitrogens with two attached hydrogens (primary N) is 1. The number of hydrogen-bond acceptors (Lipinski definition) is 5. The molecule has 2 aromatic heterocycles. The first-order valence-electron chi connectivity index (χ1n) is 6.73. The average molecular weight is 313 g/mol. The molecule has 0 fully saturated rings. The highest BCUT2D eigenvalue weighted by Crippen LogP contribution is 2.38. The molecule has 3 N–H and O–H groups in total. The summed E-state index contributed by atoms with van der Waals surface area (Å²) in [6.45, 7) is 0.706. The van der Waals surface area contributed by atoms with Crippen LogP contribution in [-0.4, -0.2) is 23.1 Å². The molecule has 3 aromatic rings. The molecule has 6 heteroatoms. The number of benzene rings is 1. The Kier molecular flexibility index (Phi) is 3.68. The zero-order valence-corrected chi connectivity index (χ0v) is 12.8. The van der Waals surface area contributed by atoms with Gasteiger partial charge in [-0.15, -0.1) is 11.3 Å². The first-order valence-corrected chi connectivity index (χ1v) is 7.55. The molecule has 0 amide bonds. The first kappa shape index (κ1) is 14.3. The van der Waals surface area contributed by atoms with Gasteiger partial charge in [0.15, 0.2) is 0 Å². The molecule has 0 aliphatic heterocycles. The summed E-state index contributed by atoms with van der Waals surface area (Å²) in [6.07, 6.45) is 1.68. The third-order valence-corrected chi connectivity index (χ3v) is 4.58. The number of nitrogens with zero attached hydrogens (tertiary/aromatic N) is 2. The van der Waals surface area contributed by atoms with E-state index in [0.29, 0.717) is 16.8 Å². The Balaban J connectivity index is 2.05. The van der Waals surface area contributed by atoms with E-state index in [1.165, 1.54) is 5.56 Å². The van der Waals surface area contributed by atoms with Crippen molar-refractivity contribution in [2.24, 2.45) is 0 Å². The third-order valence-electron chi connectivity index (χ3n) is 3.47. The minimum absolute atomic E-state index is 0.142. The number of fused-ring (bicyclic) bond motifs is 1. The monoisotopic (exact) mass is 313 g/mol. The number of nitrogen functional groups attached to an aromatic ring is 1. The van der Waals surface area contributed by atoms with E-state index in [0.717, 1.165) is 17.0 Å². The van der Waals surface area contributed by atoms with Crippen molar-refractivity contribution in [2.75, 3.05) is 17.7 Å². The van der Waals surface area contributed by atoms with Crippen LogP contribution >= 0.6 is 11.3 Å². The van der Waals surface area contributed by atoms with Crippen LogP contribution in [0.3, 0.4) is 0 Å². The minimum Gasteiger partial charge on any atom is -0.477 e. The first-order chi connectivity index (χ1) is 10.6. The Hall–Kier alpha value is -2.60. The maximum atomic E-state index is 11.3. The summed E-state index contributed by atoms with van der Waals surface area (Å²) in [5, 5.41) is 9.93. The largest absolute Gasteiger partial charge is 0.477 e. The van der Waals surface area contributed by atoms with Crippen LogP contribution in [0.2, 0.25) is 0 Å². The van der Waals surface area contributed by atoms with Crippen LogP contribution in [0.1, 0.15) is 15.2 Å². The molecule has 2 heterocycles. The summed E-state index contributed by atoms with van der Waals surface area (Å²) in [6, 6.07) is 11.9. The van der Waals surface area contributed by atoms with E-state index in [1.807, 2.05) is 36.2 Å². The van der Waals surface area contributed by atoms with E-state index in [9.17, 15) is 9.90 Å². The summed E-state index contributed by atoms with van der Waals surface area (Å²) < 4.78 is 0. The van der Waals surface area contributed by atoms with Crippen LogP contribution in [0.5, 0.6) is 0 Å². The quantitative estimate of drug-likeness (QED) is 0.773. The van der Waals surface area contributed by atoms with Crippen LogP contribution in [0.25, 0.3) is 10.2 Å². The number of anilines is 2. The minimum atomic E-state index is -1.02. The van der Waals surface area contributed by atoms with Gasteiger partial charge in [0.25, 0.3) is 0 Å². The van der Waals surface area contributed by atoms with E-state index in [1.54, 1.807) is 6.20 Å². The molecular weight excluding hydrogens is 298 g/mol. The van der Waals surface area contributed by atoms with Gasteiger partial charge in [-0.1, -0.05) is 30.3 Å². The molecule has 112 valence electrons. The van der Waals surface area contributed by atoms with Gasteiger partial charge >= 0.3 is 5.97 Å². The van der Waals surface area contributed by atoms with E-state index in [4.69, 9.17) is 5.73 Å². The fraction of sp³-hybridized carbons (Fsp3) is 0.125. The Morgan fingerprint density at radius 3 is 2.73 bits per heavy atom. The van der Waals surface area contributed by atoms with Crippen LogP contribution in [0.15, 0.2) is 42.6 Å². The van der Waals surface area contributed by atoms with Gasteiger partial charge in [0.2, 0.25) is 0 Å². The second kappa shape index (κ2) is 5.65. The Morgan fingerprint density at radius 1 is 1.32 bits per heavy atom. The van der Waals surface area contributed by atoms with Gasteiger partial charge in [-0.25, -0.2) is 9.78 Å². The highest BCUT2D eigenvalue weighted by atomic mass is 32.1. The van der Waals surface area contributed by atoms with E-state index < -0.39 is 5.97 Å². The van der Waals surface area contributed by atoms with Crippen molar-refractivity contribution in [3.05, 3.63) is 53.0 Å². The molecule has 0 spiro atoms. The molecule has 0 unspecified atom stereocenters. The molecule has 0 aliphatic rings. The van der Waals surface area contributed by atoms with Crippen molar-refractivity contribution in [3.63, 3.8) is 0 Å². The third kappa shape index (κ3) is 2.48. The number of aromatic nitrogens is 1. The molecule has 0 aliphatic carbocycles. The molecule has 0 saturated carbocycles. The molecule has 1 aromatic carbocycles. The molecule has 0 atom stereocenters. The molecule has 3 rings (SSSR count). The molecule has 22 heavy (non-hydrogen) atoms. The predicted molar refractivity (Wildman–Crippen MR) is 89.5 cm³/mol. The lowest BCUT2D eigenvalue weighted by Crippen LogP contribution is -2.16. The van der Waals surface area contributed by atoms with Gasteiger partial charge in [0.1, 0.15) is 9.71 Å². The summed E-state index contributed by atoms with van der Waals surface area (Å²) in [5.74, 6) is -1.02. The smallest absolute Gasteiger partial charge is 0.348 e. The van der Waals surface area contributed by atoms with Crippen molar-refractivity contribution in [1.29, 1.82) is 0 Å². The maximum absolute atomic E-state index is 11.3.